The van der Waals surface area contributed by atoms with Gasteiger partial charge < -0.3 is 14.6 Å². The van der Waals surface area contributed by atoms with Gasteiger partial charge in [-0.25, -0.2) is 0 Å². The van der Waals surface area contributed by atoms with Crippen LogP contribution in [0.3, 0.4) is 0 Å². The van der Waals surface area contributed by atoms with Crippen LogP contribution in [0.5, 0.6) is 0 Å². The van der Waals surface area contributed by atoms with Gasteiger partial charge in [0.1, 0.15) is 5.76 Å². The van der Waals surface area contributed by atoms with E-state index in [1.54, 1.807) is 18.2 Å². The maximum absolute atomic E-state index is 12.3. The molecule has 1 N–H and O–H groups in total. The first-order valence-corrected chi connectivity index (χ1v) is 8.97. The van der Waals surface area contributed by atoms with Crippen LogP contribution in [0.4, 0.5) is 0 Å². The smallest absolute Gasteiger partial charge is 0.195 e. The Hall–Kier alpha value is -2.17. The van der Waals surface area contributed by atoms with Crippen LogP contribution in [0.15, 0.2) is 65.5 Å². The van der Waals surface area contributed by atoms with E-state index >= 15 is 0 Å². The standard InChI is InChI=1S/C22H28O4/c1-15(2)25-21-14-22(24,26-16(3)4)17(5)13-19(21)11-12-20(23)18-9-7-6-8-10-18/h6-13,15-16,24H,14H2,1-5H3. The number of aliphatic hydroxyl groups is 1. The summed E-state index contributed by atoms with van der Waals surface area (Å²) >= 11 is 0. The second kappa shape index (κ2) is 8.47. The number of ether oxygens (including phenoxy) is 2. The molecule has 140 valence electrons. The summed E-state index contributed by atoms with van der Waals surface area (Å²) in [5.74, 6) is -0.850. The van der Waals surface area contributed by atoms with Crippen LogP contribution in [-0.4, -0.2) is 28.9 Å². The fourth-order valence-electron chi connectivity index (χ4n) is 2.81. The molecule has 4 nitrogen and oxygen atoms in total. The highest BCUT2D eigenvalue weighted by Gasteiger charge is 2.37. The lowest BCUT2D eigenvalue weighted by atomic mass is 9.91. The molecular weight excluding hydrogens is 328 g/mol. The van der Waals surface area contributed by atoms with Crippen LogP contribution >= 0.6 is 0 Å². The normalized spacial score (nSPS) is 20.8. The van der Waals surface area contributed by atoms with Crippen molar-refractivity contribution < 1.29 is 19.4 Å². The van der Waals surface area contributed by atoms with Crippen molar-refractivity contribution in [2.45, 2.75) is 59.0 Å². The predicted molar refractivity (Wildman–Crippen MR) is 103 cm³/mol. The minimum absolute atomic E-state index is 0.0478. The van der Waals surface area contributed by atoms with E-state index in [2.05, 4.69) is 0 Å². The third-order valence-electron chi connectivity index (χ3n) is 3.99. The summed E-state index contributed by atoms with van der Waals surface area (Å²) in [6.45, 7) is 9.44. The third kappa shape index (κ3) is 5.16. The third-order valence-corrected chi connectivity index (χ3v) is 3.99. The highest BCUT2D eigenvalue weighted by Crippen LogP contribution is 2.36. The highest BCUT2D eigenvalue weighted by atomic mass is 16.6. The molecule has 1 aliphatic rings. The van der Waals surface area contributed by atoms with Gasteiger partial charge in [0.15, 0.2) is 11.6 Å². The van der Waals surface area contributed by atoms with E-state index in [9.17, 15) is 9.90 Å². The van der Waals surface area contributed by atoms with Gasteiger partial charge in [0.25, 0.3) is 0 Å². The number of rotatable bonds is 7. The van der Waals surface area contributed by atoms with E-state index in [1.807, 2.05) is 58.9 Å². The Morgan fingerprint density at radius 3 is 2.38 bits per heavy atom. The summed E-state index contributed by atoms with van der Waals surface area (Å²) in [6.07, 6.45) is 5.13. The molecule has 0 spiro atoms. The summed E-state index contributed by atoms with van der Waals surface area (Å²) in [7, 11) is 0. The van der Waals surface area contributed by atoms with Crippen molar-refractivity contribution in [2.75, 3.05) is 0 Å². The van der Waals surface area contributed by atoms with E-state index in [-0.39, 0.29) is 24.4 Å². The summed E-state index contributed by atoms with van der Waals surface area (Å²) in [6, 6.07) is 9.11. The molecule has 0 saturated heterocycles. The first-order chi connectivity index (χ1) is 12.2. The Morgan fingerprint density at radius 2 is 1.81 bits per heavy atom. The zero-order valence-corrected chi connectivity index (χ0v) is 16.2. The first-order valence-electron chi connectivity index (χ1n) is 8.97. The summed E-state index contributed by atoms with van der Waals surface area (Å²) in [5.41, 5.74) is 2.10. The Balaban J connectivity index is 2.30. The molecule has 1 aliphatic carbocycles. The van der Waals surface area contributed by atoms with Gasteiger partial charge in [-0.3, -0.25) is 4.79 Å². The molecule has 2 rings (SSSR count). The van der Waals surface area contributed by atoms with E-state index in [4.69, 9.17) is 9.47 Å². The second-order valence-corrected chi connectivity index (χ2v) is 7.06. The molecule has 4 heteroatoms. The highest BCUT2D eigenvalue weighted by molar-refractivity contribution is 6.04. The van der Waals surface area contributed by atoms with E-state index in [0.717, 1.165) is 5.57 Å². The largest absolute Gasteiger partial charge is 0.495 e. The van der Waals surface area contributed by atoms with Crippen molar-refractivity contribution in [2.24, 2.45) is 0 Å². The molecule has 0 aromatic heterocycles. The van der Waals surface area contributed by atoms with Gasteiger partial charge in [-0.05, 0) is 58.4 Å². The second-order valence-electron chi connectivity index (χ2n) is 7.06. The van der Waals surface area contributed by atoms with E-state index in [0.29, 0.717) is 16.9 Å². The average molecular weight is 356 g/mol. The van der Waals surface area contributed by atoms with Gasteiger partial charge in [-0.1, -0.05) is 30.3 Å². The molecule has 0 aliphatic heterocycles. The fourth-order valence-corrected chi connectivity index (χ4v) is 2.81. The average Bonchev–Trinajstić information content (AvgIpc) is 2.56. The van der Waals surface area contributed by atoms with Crippen LogP contribution < -0.4 is 0 Å². The summed E-state index contributed by atoms with van der Waals surface area (Å²) in [4.78, 5) is 12.3. The van der Waals surface area contributed by atoms with Gasteiger partial charge in [0, 0.05) is 11.1 Å². The molecule has 0 amide bonds. The Bertz CT molecular complexity index is 726. The first kappa shape index (κ1) is 20.1. The molecule has 26 heavy (non-hydrogen) atoms. The van der Waals surface area contributed by atoms with E-state index in [1.165, 1.54) is 6.08 Å². The van der Waals surface area contributed by atoms with Crippen molar-refractivity contribution in [3.8, 4) is 0 Å². The number of ketones is 1. The molecular formula is C22H28O4. The molecule has 1 aromatic carbocycles. The van der Waals surface area contributed by atoms with Crippen molar-refractivity contribution in [3.63, 3.8) is 0 Å². The SMILES string of the molecule is CC1=CC(C=CC(=O)c2ccccc2)=C(OC(C)C)CC1(O)OC(C)C. The molecule has 0 radical (unpaired) electrons. The predicted octanol–water partition coefficient (Wildman–Crippen LogP) is 4.57. The fraction of sp³-hybridized carbons (Fsp3) is 0.409. The van der Waals surface area contributed by atoms with Gasteiger partial charge in [0.2, 0.25) is 0 Å². The summed E-state index contributed by atoms with van der Waals surface area (Å²) in [5, 5.41) is 10.9. The van der Waals surface area contributed by atoms with Gasteiger partial charge in [-0.15, -0.1) is 0 Å². The number of benzene rings is 1. The van der Waals surface area contributed by atoms with Crippen LogP contribution in [0.1, 0.15) is 51.4 Å². The number of carbonyl (C=O) groups excluding carboxylic acids is 1. The number of hydrogen-bond donors (Lipinski definition) is 1. The van der Waals surface area contributed by atoms with Gasteiger partial charge in [0.05, 0.1) is 18.6 Å². The zero-order chi connectivity index (χ0) is 19.3. The van der Waals surface area contributed by atoms with Crippen LogP contribution in [0, 0.1) is 0 Å². The van der Waals surface area contributed by atoms with Crippen molar-refractivity contribution >= 4 is 5.78 Å². The quantitative estimate of drug-likeness (QED) is 0.442. The van der Waals surface area contributed by atoms with Crippen molar-refractivity contribution in [1.82, 2.24) is 0 Å². The Labute approximate surface area is 155 Å². The lowest BCUT2D eigenvalue weighted by Gasteiger charge is -2.35. The van der Waals surface area contributed by atoms with E-state index < -0.39 is 5.79 Å². The zero-order valence-electron chi connectivity index (χ0n) is 16.2. The molecule has 1 aromatic rings. The molecule has 0 fully saturated rings. The van der Waals surface area contributed by atoms with Gasteiger partial charge >= 0.3 is 0 Å². The minimum Gasteiger partial charge on any atom is -0.495 e. The number of hydrogen-bond acceptors (Lipinski definition) is 4. The molecule has 0 bridgehead atoms. The van der Waals surface area contributed by atoms with Crippen molar-refractivity contribution in [1.29, 1.82) is 0 Å². The monoisotopic (exact) mass is 356 g/mol. The van der Waals surface area contributed by atoms with Crippen LogP contribution in [0.2, 0.25) is 0 Å². The van der Waals surface area contributed by atoms with Crippen LogP contribution in [0.25, 0.3) is 0 Å². The van der Waals surface area contributed by atoms with Crippen molar-refractivity contribution in [3.05, 3.63) is 71.0 Å². The number of allylic oxidation sites excluding steroid dienone is 4. The molecule has 1 unspecified atom stereocenters. The lowest BCUT2D eigenvalue weighted by molar-refractivity contribution is -0.201. The minimum atomic E-state index is -1.39. The van der Waals surface area contributed by atoms with Gasteiger partial charge in [-0.2, -0.15) is 0 Å². The van der Waals surface area contributed by atoms with Crippen LogP contribution in [-0.2, 0) is 9.47 Å². The molecule has 1 atom stereocenters. The number of carbonyl (C=O) groups is 1. The topological polar surface area (TPSA) is 55.8 Å². The maximum Gasteiger partial charge on any atom is 0.195 e. The summed E-state index contributed by atoms with van der Waals surface area (Å²) < 4.78 is 11.6. The lowest BCUT2D eigenvalue weighted by Crippen LogP contribution is -2.39. The Morgan fingerprint density at radius 1 is 1.15 bits per heavy atom. The maximum atomic E-state index is 12.3. The molecule has 0 saturated carbocycles. The molecule has 0 heterocycles. The Kier molecular flexibility index (Phi) is 6.57.